The Hall–Kier alpha value is -1.00. The highest BCUT2D eigenvalue weighted by atomic mass is 19.1. The van der Waals surface area contributed by atoms with Gasteiger partial charge >= 0.3 is 0 Å². The van der Waals surface area contributed by atoms with Crippen LogP contribution in [0.25, 0.3) is 0 Å². The molecule has 2 nitrogen and oxygen atoms in total. The highest BCUT2D eigenvalue weighted by molar-refractivity contribution is 5.20. The Balaban J connectivity index is 2.24. The molecule has 106 valence electrons. The van der Waals surface area contributed by atoms with Crippen LogP contribution in [0.2, 0.25) is 0 Å². The van der Waals surface area contributed by atoms with E-state index in [0.717, 1.165) is 31.7 Å². The largest absolute Gasteiger partial charge is 0.396 e. The number of hydrogen-bond acceptors (Lipinski definition) is 2. The van der Waals surface area contributed by atoms with E-state index in [1.165, 1.54) is 12.1 Å². The molecule has 0 aromatic heterocycles. The van der Waals surface area contributed by atoms with Crippen LogP contribution in [0, 0.1) is 23.0 Å². The first-order valence-electron chi connectivity index (χ1n) is 6.76. The van der Waals surface area contributed by atoms with E-state index in [9.17, 15) is 19.0 Å². The minimum atomic E-state index is -0.670. The second-order valence-corrected chi connectivity index (χ2v) is 5.61. The molecule has 0 atom stereocenters. The molecule has 2 N–H and O–H groups in total. The fraction of sp³-hybridized carbons (Fsp3) is 0.600. The molecule has 1 aliphatic rings. The monoisotopic (exact) mass is 270 g/mol. The van der Waals surface area contributed by atoms with E-state index in [4.69, 9.17) is 0 Å². The van der Waals surface area contributed by atoms with Crippen molar-refractivity contribution in [2.75, 3.05) is 13.2 Å². The zero-order valence-electron chi connectivity index (χ0n) is 10.9. The zero-order chi connectivity index (χ0) is 13.9. The summed E-state index contributed by atoms with van der Waals surface area (Å²) >= 11 is 0. The average molecular weight is 270 g/mol. The van der Waals surface area contributed by atoms with Crippen LogP contribution in [0.4, 0.5) is 8.78 Å². The molecule has 0 spiro atoms. The van der Waals surface area contributed by atoms with Crippen molar-refractivity contribution < 1.29 is 19.0 Å². The molecular formula is C15H20F2O2. The van der Waals surface area contributed by atoms with Crippen LogP contribution in [-0.4, -0.2) is 23.4 Å². The Morgan fingerprint density at radius 2 is 1.53 bits per heavy atom. The van der Waals surface area contributed by atoms with Crippen molar-refractivity contribution >= 4 is 0 Å². The first-order chi connectivity index (χ1) is 9.09. The van der Waals surface area contributed by atoms with Gasteiger partial charge in [-0.3, -0.25) is 0 Å². The summed E-state index contributed by atoms with van der Waals surface area (Å²) in [6, 6.07) is 3.38. The van der Waals surface area contributed by atoms with Crippen LogP contribution >= 0.6 is 0 Å². The lowest BCUT2D eigenvalue weighted by atomic mass is 9.71. The molecule has 0 saturated heterocycles. The zero-order valence-corrected chi connectivity index (χ0v) is 10.9. The Labute approximate surface area is 112 Å². The van der Waals surface area contributed by atoms with Gasteiger partial charge in [-0.25, -0.2) is 8.78 Å². The third-order valence-corrected chi connectivity index (χ3v) is 4.33. The van der Waals surface area contributed by atoms with E-state index in [2.05, 4.69) is 0 Å². The molecule has 4 heteroatoms. The summed E-state index contributed by atoms with van der Waals surface area (Å²) in [5.41, 5.74) is -0.177. The van der Waals surface area contributed by atoms with E-state index in [1.54, 1.807) is 0 Å². The second-order valence-electron chi connectivity index (χ2n) is 5.61. The Bertz CT molecular complexity index is 404. The Kier molecular flexibility index (Phi) is 4.53. The van der Waals surface area contributed by atoms with Crippen molar-refractivity contribution in [3.05, 3.63) is 35.4 Å². The van der Waals surface area contributed by atoms with Crippen LogP contribution in [0.15, 0.2) is 18.2 Å². The third-order valence-electron chi connectivity index (χ3n) is 4.33. The van der Waals surface area contributed by atoms with E-state index >= 15 is 0 Å². The molecule has 0 amide bonds. The molecule has 1 saturated carbocycles. The number of halogens is 2. The molecule has 0 unspecified atom stereocenters. The number of rotatable bonds is 5. The highest BCUT2D eigenvalue weighted by Gasteiger charge is 2.39. The molecular weight excluding hydrogens is 250 g/mol. The van der Waals surface area contributed by atoms with Gasteiger partial charge < -0.3 is 10.2 Å². The number of aliphatic hydroxyl groups is 2. The normalized spacial score (nSPS) is 17.1. The minimum absolute atomic E-state index is 0.160. The van der Waals surface area contributed by atoms with Gasteiger partial charge in [0.15, 0.2) is 0 Å². The Morgan fingerprint density at radius 1 is 1.00 bits per heavy atom. The van der Waals surface area contributed by atoms with Gasteiger partial charge in [0.05, 0.1) is 13.2 Å². The molecule has 1 fully saturated rings. The molecule has 0 heterocycles. The number of hydrogen-bond donors (Lipinski definition) is 2. The lowest BCUT2D eigenvalue weighted by Gasteiger charge is -2.36. The maximum absolute atomic E-state index is 13.2. The quantitative estimate of drug-likeness (QED) is 0.863. The predicted molar refractivity (Wildman–Crippen MR) is 68.6 cm³/mol. The minimum Gasteiger partial charge on any atom is -0.396 e. The summed E-state index contributed by atoms with van der Waals surface area (Å²) in [7, 11) is 0. The summed E-state index contributed by atoms with van der Waals surface area (Å²) in [5, 5.41) is 19.4. The molecule has 1 aromatic carbocycles. The van der Waals surface area contributed by atoms with Gasteiger partial charge in [-0.1, -0.05) is 12.8 Å². The fourth-order valence-corrected chi connectivity index (χ4v) is 3.22. The summed E-state index contributed by atoms with van der Waals surface area (Å²) in [6.07, 6.45) is 4.39. The van der Waals surface area contributed by atoms with Gasteiger partial charge in [-0.15, -0.1) is 0 Å². The van der Waals surface area contributed by atoms with Gasteiger partial charge in [0.25, 0.3) is 0 Å². The Morgan fingerprint density at radius 3 is 2.00 bits per heavy atom. The van der Waals surface area contributed by atoms with E-state index in [-0.39, 0.29) is 19.1 Å². The molecule has 0 aliphatic heterocycles. The smallest absolute Gasteiger partial charge is 0.126 e. The lowest BCUT2D eigenvalue weighted by Crippen LogP contribution is -2.39. The molecule has 2 rings (SSSR count). The van der Waals surface area contributed by atoms with Crippen LogP contribution in [-0.2, 0) is 6.42 Å². The van der Waals surface area contributed by atoms with Crippen molar-refractivity contribution in [2.24, 2.45) is 11.3 Å². The van der Waals surface area contributed by atoms with Crippen molar-refractivity contribution in [3.8, 4) is 0 Å². The maximum Gasteiger partial charge on any atom is 0.126 e. The van der Waals surface area contributed by atoms with E-state index in [0.29, 0.717) is 12.0 Å². The average Bonchev–Trinajstić information content (AvgIpc) is 2.89. The van der Waals surface area contributed by atoms with Gasteiger partial charge in [-0.2, -0.15) is 0 Å². The van der Waals surface area contributed by atoms with Crippen molar-refractivity contribution in [1.29, 1.82) is 0 Å². The summed E-state index contributed by atoms with van der Waals surface area (Å²) < 4.78 is 26.4. The number of aliphatic hydroxyl groups excluding tert-OH is 2. The third kappa shape index (κ3) is 3.12. The molecule has 1 aliphatic carbocycles. The van der Waals surface area contributed by atoms with Crippen LogP contribution in [0.3, 0.4) is 0 Å². The standard InChI is InChI=1S/C15H20F2O2/c16-13-5-11(6-14(17)7-13)8-15(9-18,10-19)12-3-1-2-4-12/h5-7,12,18-19H,1-4,8-10H2. The molecule has 0 bridgehead atoms. The summed E-state index contributed by atoms with van der Waals surface area (Å²) in [5.74, 6) is -1.02. The first-order valence-corrected chi connectivity index (χ1v) is 6.76. The SMILES string of the molecule is OCC(CO)(Cc1cc(F)cc(F)c1)C1CCCC1. The van der Waals surface area contributed by atoms with Crippen LogP contribution in [0.1, 0.15) is 31.2 Å². The first kappa shape index (κ1) is 14.4. The molecule has 0 radical (unpaired) electrons. The highest BCUT2D eigenvalue weighted by Crippen LogP contribution is 2.42. The summed E-state index contributed by atoms with van der Waals surface area (Å²) in [6.45, 7) is -0.321. The van der Waals surface area contributed by atoms with Crippen molar-refractivity contribution in [1.82, 2.24) is 0 Å². The fourth-order valence-electron chi connectivity index (χ4n) is 3.22. The van der Waals surface area contributed by atoms with E-state index in [1.807, 2.05) is 0 Å². The van der Waals surface area contributed by atoms with E-state index < -0.39 is 17.0 Å². The van der Waals surface area contributed by atoms with Crippen molar-refractivity contribution in [3.63, 3.8) is 0 Å². The molecule has 19 heavy (non-hydrogen) atoms. The second kappa shape index (κ2) is 5.97. The van der Waals surface area contributed by atoms with Gasteiger partial charge in [-0.05, 0) is 42.9 Å². The van der Waals surface area contributed by atoms with Crippen LogP contribution < -0.4 is 0 Å². The summed E-state index contributed by atoms with van der Waals surface area (Å²) in [4.78, 5) is 0. The lowest BCUT2D eigenvalue weighted by molar-refractivity contribution is 0.00560. The molecule has 1 aromatic rings. The van der Waals surface area contributed by atoms with Gasteiger partial charge in [0.1, 0.15) is 11.6 Å². The van der Waals surface area contributed by atoms with Crippen molar-refractivity contribution in [2.45, 2.75) is 32.1 Å². The maximum atomic E-state index is 13.2. The topological polar surface area (TPSA) is 40.5 Å². The number of benzene rings is 1. The van der Waals surface area contributed by atoms with Gasteiger partial charge in [0, 0.05) is 11.5 Å². The van der Waals surface area contributed by atoms with Gasteiger partial charge in [0.2, 0.25) is 0 Å². The van der Waals surface area contributed by atoms with Crippen LogP contribution in [0.5, 0.6) is 0 Å². The predicted octanol–water partition coefficient (Wildman–Crippen LogP) is 2.67.